The highest BCUT2D eigenvalue weighted by molar-refractivity contribution is 5.94. The molecule has 2 aromatic rings. The van der Waals surface area contributed by atoms with Gasteiger partial charge in [-0.3, -0.25) is 14.9 Å². The van der Waals surface area contributed by atoms with Crippen molar-refractivity contribution in [2.45, 2.75) is 6.54 Å². The van der Waals surface area contributed by atoms with Gasteiger partial charge in [-0.15, -0.1) is 6.42 Å². The summed E-state index contributed by atoms with van der Waals surface area (Å²) in [6.45, 7) is 0.635. The molecule has 0 saturated carbocycles. The van der Waals surface area contributed by atoms with Crippen LogP contribution in [-0.2, 0) is 6.54 Å². The number of terminal acetylenes is 1. The monoisotopic (exact) mass is 309 g/mol. The van der Waals surface area contributed by atoms with Gasteiger partial charge in [0.15, 0.2) is 0 Å². The maximum Gasteiger partial charge on any atom is 0.269 e. The van der Waals surface area contributed by atoms with Crippen LogP contribution in [0.2, 0.25) is 0 Å². The molecule has 6 heteroatoms. The molecule has 0 aliphatic heterocycles. The van der Waals surface area contributed by atoms with Crippen molar-refractivity contribution in [3.63, 3.8) is 0 Å². The quantitative estimate of drug-likeness (QED) is 0.488. The molecule has 0 unspecified atom stereocenters. The minimum absolute atomic E-state index is 0.000638. The smallest absolute Gasteiger partial charge is 0.269 e. The van der Waals surface area contributed by atoms with Gasteiger partial charge < -0.3 is 10.6 Å². The van der Waals surface area contributed by atoms with Crippen molar-refractivity contribution in [1.29, 1.82) is 0 Å². The summed E-state index contributed by atoms with van der Waals surface area (Å²) in [5, 5.41) is 16.5. The number of nitro benzene ring substituents is 1. The molecule has 2 aromatic carbocycles. The van der Waals surface area contributed by atoms with Crippen molar-refractivity contribution >= 4 is 17.3 Å². The lowest BCUT2D eigenvalue weighted by Crippen LogP contribution is -2.22. The number of anilines is 1. The van der Waals surface area contributed by atoms with E-state index in [-0.39, 0.29) is 18.1 Å². The standard InChI is InChI=1S/C17H15N3O3/c1-2-10-18-15-8-6-14(7-9-15)17(21)19-12-13-4-3-5-16(11-13)20(22)23/h1,3-9,11,18H,10,12H2,(H,19,21). The minimum atomic E-state index is -0.465. The van der Waals surface area contributed by atoms with Crippen molar-refractivity contribution in [3.05, 3.63) is 69.8 Å². The summed E-state index contributed by atoms with van der Waals surface area (Å²) >= 11 is 0. The van der Waals surface area contributed by atoms with E-state index in [1.165, 1.54) is 12.1 Å². The molecule has 0 heterocycles. The molecule has 0 aromatic heterocycles. The van der Waals surface area contributed by atoms with E-state index in [0.717, 1.165) is 5.69 Å². The van der Waals surface area contributed by atoms with Gasteiger partial charge in [0.05, 0.1) is 11.5 Å². The molecule has 6 nitrogen and oxygen atoms in total. The van der Waals surface area contributed by atoms with Crippen LogP contribution in [0.25, 0.3) is 0 Å². The van der Waals surface area contributed by atoms with E-state index in [0.29, 0.717) is 17.7 Å². The predicted octanol–water partition coefficient (Wildman–Crippen LogP) is 2.57. The maximum absolute atomic E-state index is 12.1. The number of carbonyl (C=O) groups is 1. The largest absolute Gasteiger partial charge is 0.374 e. The van der Waals surface area contributed by atoms with Gasteiger partial charge in [0.1, 0.15) is 0 Å². The second kappa shape index (κ2) is 7.61. The van der Waals surface area contributed by atoms with Crippen LogP contribution >= 0.6 is 0 Å². The summed E-state index contributed by atoms with van der Waals surface area (Å²) in [7, 11) is 0. The van der Waals surface area contributed by atoms with Gasteiger partial charge in [-0.05, 0) is 29.8 Å². The number of nitrogens with zero attached hydrogens (tertiary/aromatic N) is 1. The Morgan fingerprint density at radius 2 is 1.96 bits per heavy atom. The Kier molecular flexibility index (Phi) is 5.31. The summed E-state index contributed by atoms with van der Waals surface area (Å²) in [4.78, 5) is 22.3. The molecule has 0 radical (unpaired) electrons. The molecule has 0 bridgehead atoms. The molecule has 0 aliphatic rings. The Hall–Kier alpha value is -3.33. The number of hydrogen-bond acceptors (Lipinski definition) is 4. The van der Waals surface area contributed by atoms with Crippen molar-refractivity contribution in [2.24, 2.45) is 0 Å². The number of hydrogen-bond donors (Lipinski definition) is 2. The topological polar surface area (TPSA) is 84.3 Å². The van der Waals surface area contributed by atoms with Crippen molar-refractivity contribution in [1.82, 2.24) is 5.32 Å². The maximum atomic E-state index is 12.1. The van der Waals surface area contributed by atoms with Gasteiger partial charge in [0, 0.05) is 29.9 Å². The van der Waals surface area contributed by atoms with Crippen LogP contribution in [0, 0.1) is 22.5 Å². The number of nitrogens with one attached hydrogen (secondary N) is 2. The fourth-order valence-corrected chi connectivity index (χ4v) is 1.96. The third-order valence-electron chi connectivity index (χ3n) is 3.12. The lowest BCUT2D eigenvalue weighted by Gasteiger charge is -2.07. The SMILES string of the molecule is C#CCNc1ccc(C(=O)NCc2cccc([N+](=O)[O-])c2)cc1. The summed E-state index contributed by atoms with van der Waals surface area (Å²) in [6, 6.07) is 13.1. The first-order valence-corrected chi connectivity index (χ1v) is 6.89. The highest BCUT2D eigenvalue weighted by atomic mass is 16.6. The number of non-ortho nitro benzene ring substituents is 1. The normalized spacial score (nSPS) is 9.70. The molecular weight excluding hydrogens is 294 g/mol. The molecule has 2 N–H and O–H groups in total. The molecule has 0 atom stereocenters. The number of carbonyl (C=O) groups excluding carboxylic acids is 1. The van der Waals surface area contributed by atoms with E-state index in [1.807, 2.05) is 0 Å². The van der Waals surface area contributed by atoms with E-state index in [2.05, 4.69) is 16.6 Å². The van der Waals surface area contributed by atoms with Crippen molar-refractivity contribution in [3.8, 4) is 12.3 Å². The first-order chi connectivity index (χ1) is 11.1. The zero-order valence-electron chi connectivity index (χ0n) is 12.3. The molecular formula is C17H15N3O3. The Balaban J connectivity index is 1.95. The molecule has 116 valence electrons. The zero-order chi connectivity index (χ0) is 16.7. The second-order valence-electron chi connectivity index (χ2n) is 4.74. The average molecular weight is 309 g/mol. The van der Waals surface area contributed by atoms with Crippen LogP contribution in [0.15, 0.2) is 48.5 Å². The summed E-state index contributed by atoms with van der Waals surface area (Å²) < 4.78 is 0. The molecule has 0 aliphatic carbocycles. The average Bonchev–Trinajstić information content (AvgIpc) is 2.58. The van der Waals surface area contributed by atoms with Gasteiger partial charge in [0.25, 0.3) is 11.6 Å². The highest BCUT2D eigenvalue weighted by Gasteiger charge is 2.08. The van der Waals surface area contributed by atoms with Crippen LogP contribution in [0.5, 0.6) is 0 Å². The van der Waals surface area contributed by atoms with Gasteiger partial charge >= 0.3 is 0 Å². The summed E-state index contributed by atoms with van der Waals surface area (Å²) in [5.41, 5.74) is 2.00. The minimum Gasteiger partial charge on any atom is -0.374 e. The molecule has 1 amide bonds. The van der Waals surface area contributed by atoms with Crippen LogP contribution < -0.4 is 10.6 Å². The molecule has 0 fully saturated rings. The molecule has 0 spiro atoms. The third-order valence-corrected chi connectivity index (χ3v) is 3.12. The van der Waals surface area contributed by atoms with Gasteiger partial charge in [-0.2, -0.15) is 0 Å². The van der Waals surface area contributed by atoms with Gasteiger partial charge in [-0.25, -0.2) is 0 Å². The predicted molar refractivity (Wildman–Crippen MR) is 88.0 cm³/mol. The first-order valence-electron chi connectivity index (χ1n) is 6.89. The van der Waals surface area contributed by atoms with E-state index in [1.54, 1.807) is 36.4 Å². The number of rotatable bonds is 6. The molecule has 2 rings (SSSR count). The van der Waals surface area contributed by atoms with Crippen LogP contribution in [0.1, 0.15) is 15.9 Å². The Labute approximate surface area is 133 Å². The summed E-state index contributed by atoms with van der Waals surface area (Å²) in [6.07, 6.45) is 5.16. The van der Waals surface area contributed by atoms with Gasteiger partial charge in [0.2, 0.25) is 0 Å². The number of nitro groups is 1. The van der Waals surface area contributed by atoms with E-state index < -0.39 is 4.92 Å². The first kappa shape index (κ1) is 16.0. The van der Waals surface area contributed by atoms with E-state index in [4.69, 9.17) is 6.42 Å². The fraction of sp³-hybridized carbons (Fsp3) is 0.118. The second-order valence-corrected chi connectivity index (χ2v) is 4.74. The molecule has 23 heavy (non-hydrogen) atoms. The van der Waals surface area contributed by atoms with Crippen LogP contribution in [0.4, 0.5) is 11.4 Å². The van der Waals surface area contributed by atoms with Crippen molar-refractivity contribution < 1.29 is 9.72 Å². The number of benzene rings is 2. The lowest BCUT2D eigenvalue weighted by atomic mass is 10.1. The summed E-state index contributed by atoms with van der Waals surface area (Å²) in [5.74, 6) is 2.22. The Morgan fingerprint density at radius 1 is 1.22 bits per heavy atom. The fourth-order valence-electron chi connectivity index (χ4n) is 1.96. The zero-order valence-corrected chi connectivity index (χ0v) is 12.3. The van der Waals surface area contributed by atoms with Crippen molar-refractivity contribution in [2.75, 3.05) is 11.9 Å². The van der Waals surface area contributed by atoms with Gasteiger partial charge in [-0.1, -0.05) is 18.1 Å². The van der Waals surface area contributed by atoms with Crippen LogP contribution in [-0.4, -0.2) is 17.4 Å². The number of amides is 1. The van der Waals surface area contributed by atoms with Crippen LogP contribution in [0.3, 0.4) is 0 Å². The third kappa shape index (κ3) is 4.58. The van der Waals surface area contributed by atoms with E-state index >= 15 is 0 Å². The lowest BCUT2D eigenvalue weighted by molar-refractivity contribution is -0.384. The van der Waals surface area contributed by atoms with E-state index in [9.17, 15) is 14.9 Å². The highest BCUT2D eigenvalue weighted by Crippen LogP contribution is 2.13. The Morgan fingerprint density at radius 3 is 2.61 bits per heavy atom. The Bertz CT molecular complexity index is 748. The molecule has 0 saturated heterocycles.